The monoisotopic (exact) mass is 228 g/mol. The first-order valence-electron chi connectivity index (χ1n) is 4.91. The Balaban J connectivity index is 2.21. The number of nitrogens with zero attached hydrogens (tertiary/aromatic N) is 4. The lowest BCUT2D eigenvalue weighted by atomic mass is 10.3. The molecule has 0 saturated heterocycles. The van der Waals surface area contributed by atoms with E-state index in [1.165, 1.54) is 0 Å². The number of fused-ring (bicyclic) bond motifs is 1. The number of amides is 1. The molecule has 0 aromatic carbocycles. The van der Waals surface area contributed by atoms with Crippen molar-refractivity contribution < 1.29 is 4.79 Å². The molecule has 0 aliphatic carbocycles. The number of hydrogen-bond acceptors (Lipinski definition) is 4. The SMILES string of the molecule is NC(=O)c1cc2nnc(-c3ccccn3)n2[nH]1. The van der Waals surface area contributed by atoms with Gasteiger partial charge in [-0.3, -0.25) is 14.9 Å². The molecule has 0 atom stereocenters. The summed E-state index contributed by atoms with van der Waals surface area (Å²) in [5.41, 5.74) is 6.65. The predicted octanol–water partition coefficient (Wildman–Crippen LogP) is 0.218. The highest BCUT2D eigenvalue weighted by atomic mass is 16.1. The van der Waals surface area contributed by atoms with Gasteiger partial charge in [-0.1, -0.05) is 6.07 Å². The number of nitrogens with one attached hydrogen (secondary N) is 1. The fourth-order valence-corrected chi connectivity index (χ4v) is 1.57. The Morgan fingerprint density at radius 2 is 2.24 bits per heavy atom. The third-order valence-corrected chi connectivity index (χ3v) is 2.35. The standard InChI is InChI=1S/C10H8N6O/c11-9(17)7-5-8-13-14-10(16(8)15-7)6-3-1-2-4-12-6/h1-5,15H,(H2,11,17). The molecule has 3 N–H and O–H groups in total. The van der Waals surface area contributed by atoms with Crippen LogP contribution in [-0.2, 0) is 0 Å². The lowest BCUT2D eigenvalue weighted by Crippen LogP contribution is -2.11. The van der Waals surface area contributed by atoms with Crippen LogP contribution in [0.5, 0.6) is 0 Å². The molecule has 0 aliphatic rings. The van der Waals surface area contributed by atoms with Crippen LogP contribution in [-0.4, -0.2) is 30.7 Å². The first-order chi connectivity index (χ1) is 8.25. The Morgan fingerprint density at radius 3 is 2.94 bits per heavy atom. The van der Waals surface area contributed by atoms with Gasteiger partial charge in [0.25, 0.3) is 5.91 Å². The van der Waals surface area contributed by atoms with E-state index < -0.39 is 5.91 Å². The lowest BCUT2D eigenvalue weighted by molar-refractivity contribution is 0.0995. The minimum atomic E-state index is -0.539. The van der Waals surface area contributed by atoms with E-state index >= 15 is 0 Å². The highest BCUT2D eigenvalue weighted by molar-refractivity contribution is 5.91. The van der Waals surface area contributed by atoms with Crippen LogP contribution < -0.4 is 5.73 Å². The summed E-state index contributed by atoms with van der Waals surface area (Å²) in [6.07, 6.45) is 1.66. The maximum absolute atomic E-state index is 11.0. The topological polar surface area (TPSA) is 102 Å². The first-order valence-corrected chi connectivity index (χ1v) is 4.91. The van der Waals surface area contributed by atoms with Crippen molar-refractivity contribution in [1.82, 2.24) is 24.8 Å². The van der Waals surface area contributed by atoms with Crippen LogP contribution in [0.3, 0.4) is 0 Å². The van der Waals surface area contributed by atoms with Crippen LogP contribution in [0.1, 0.15) is 10.5 Å². The number of hydrogen-bond donors (Lipinski definition) is 2. The van der Waals surface area contributed by atoms with Crippen LogP contribution in [0.15, 0.2) is 30.5 Å². The summed E-state index contributed by atoms with van der Waals surface area (Å²) in [7, 11) is 0. The second-order valence-electron chi connectivity index (χ2n) is 3.47. The smallest absolute Gasteiger partial charge is 0.266 e. The summed E-state index contributed by atoms with van der Waals surface area (Å²) < 4.78 is 1.57. The zero-order chi connectivity index (χ0) is 11.8. The average molecular weight is 228 g/mol. The summed E-state index contributed by atoms with van der Waals surface area (Å²) in [6, 6.07) is 7.01. The summed E-state index contributed by atoms with van der Waals surface area (Å²) in [5.74, 6) is -0.00410. The summed E-state index contributed by atoms with van der Waals surface area (Å²) in [5, 5.41) is 10.7. The molecule has 0 bridgehead atoms. The van der Waals surface area contributed by atoms with Crippen molar-refractivity contribution in [2.24, 2.45) is 5.73 Å². The number of aromatic amines is 1. The van der Waals surface area contributed by atoms with Gasteiger partial charge in [-0.25, -0.2) is 4.52 Å². The number of nitrogens with two attached hydrogens (primary N) is 1. The number of primary amides is 1. The van der Waals surface area contributed by atoms with Gasteiger partial charge in [0.1, 0.15) is 11.4 Å². The molecule has 3 rings (SSSR count). The maximum atomic E-state index is 11.0. The maximum Gasteiger partial charge on any atom is 0.266 e. The Labute approximate surface area is 95.3 Å². The Kier molecular flexibility index (Phi) is 1.91. The van der Waals surface area contributed by atoms with Gasteiger partial charge in [-0.2, -0.15) is 0 Å². The van der Waals surface area contributed by atoms with Crippen molar-refractivity contribution in [3.8, 4) is 11.5 Å². The molecule has 1 amide bonds. The van der Waals surface area contributed by atoms with Gasteiger partial charge in [0.15, 0.2) is 5.65 Å². The van der Waals surface area contributed by atoms with E-state index in [0.29, 0.717) is 17.2 Å². The van der Waals surface area contributed by atoms with Crippen molar-refractivity contribution in [3.63, 3.8) is 0 Å². The van der Waals surface area contributed by atoms with Crippen LogP contribution in [0.2, 0.25) is 0 Å². The molecule has 0 unspecified atom stereocenters. The van der Waals surface area contributed by atoms with Gasteiger partial charge in [0, 0.05) is 12.3 Å². The van der Waals surface area contributed by atoms with E-state index in [9.17, 15) is 4.79 Å². The van der Waals surface area contributed by atoms with Gasteiger partial charge in [0.2, 0.25) is 5.82 Å². The van der Waals surface area contributed by atoms with Crippen molar-refractivity contribution in [2.75, 3.05) is 0 Å². The number of carbonyl (C=O) groups is 1. The van der Waals surface area contributed by atoms with Crippen molar-refractivity contribution in [2.45, 2.75) is 0 Å². The zero-order valence-electron chi connectivity index (χ0n) is 8.66. The predicted molar refractivity (Wildman–Crippen MR) is 59.1 cm³/mol. The number of carbonyl (C=O) groups excluding carboxylic acids is 1. The van der Waals surface area contributed by atoms with E-state index in [-0.39, 0.29) is 5.69 Å². The number of H-pyrrole nitrogens is 1. The molecule has 7 nitrogen and oxygen atoms in total. The van der Waals surface area contributed by atoms with Crippen molar-refractivity contribution in [3.05, 3.63) is 36.2 Å². The second kappa shape index (κ2) is 3.41. The quantitative estimate of drug-likeness (QED) is 0.654. The number of rotatable bonds is 2. The average Bonchev–Trinajstić information content (AvgIpc) is 2.89. The zero-order valence-corrected chi connectivity index (χ0v) is 8.66. The van der Waals surface area contributed by atoms with Crippen LogP contribution in [0.4, 0.5) is 0 Å². The van der Waals surface area contributed by atoms with Gasteiger partial charge in [-0.05, 0) is 12.1 Å². The summed E-state index contributed by atoms with van der Waals surface area (Å²) in [6.45, 7) is 0. The second-order valence-corrected chi connectivity index (χ2v) is 3.47. The number of aromatic nitrogens is 5. The third kappa shape index (κ3) is 1.44. The normalized spacial score (nSPS) is 10.8. The fraction of sp³-hybridized carbons (Fsp3) is 0. The molecular weight excluding hydrogens is 220 g/mol. The molecule has 3 aromatic heterocycles. The van der Waals surface area contributed by atoms with Crippen LogP contribution in [0.25, 0.3) is 17.2 Å². The van der Waals surface area contributed by atoms with Gasteiger partial charge in [-0.15, -0.1) is 10.2 Å². The molecule has 0 spiro atoms. The molecule has 17 heavy (non-hydrogen) atoms. The molecule has 3 aromatic rings. The molecule has 0 fully saturated rings. The van der Waals surface area contributed by atoms with Crippen molar-refractivity contribution in [1.29, 1.82) is 0 Å². The Hall–Kier alpha value is -2.70. The van der Waals surface area contributed by atoms with Crippen molar-refractivity contribution >= 4 is 11.6 Å². The van der Waals surface area contributed by atoms with Crippen LogP contribution >= 0.6 is 0 Å². The van der Waals surface area contributed by atoms with E-state index in [2.05, 4.69) is 20.3 Å². The molecule has 3 heterocycles. The first kappa shape index (κ1) is 9.52. The molecule has 84 valence electrons. The van der Waals surface area contributed by atoms with Gasteiger partial charge < -0.3 is 5.73 Å². The lowest BCUT2D eigenvalue weighted by Gasteiger charge is -1.95. The minimum Gasteiger partial charge on any atom is -0.364 e. The van der Waals surface area contributed by atoms with E-state index in [0.717, 1.165) is 0 Å². The van der Waals surface area contributed by atoms with E-state index in [4.69, 9.17) is 5.73 Å². The highest BCUT2D eigenvalue weighted by Crippen LogP contribution is 2.15. The van der Waals surface area contributed by atoms with Crippen LogP contribution in [0, 0.1) is 0 Å². The Morgan fingerprint density at radius 1 is 1.35 bits per heavy atom. The third-order valence-electron chi connectivity index (χ3n) is 2.35. The largest absolute Gasteiger partial charge is 0.364 e. The minimum absolute atomic E-state index is 0.284. The fourth-order valence-electron chi connectivity index (χ4n) is 1.57. The molecular formula is C10H8N6O. The number of pyridine rings is 1. The summed E-state index contributed by atoms with van der Waals surface area (Å²) in [4.78, 5) is 15.2. The van der Waals surface area contributed by atoms with Gasteiger partial charge in [0.05, 0.1) is 0 Å². The molecule has 7 heteroatoms. The summed E-state index contributed by atoms with van der Waals surface area (Å²) >= 11 is 0. The molecule has 0 aliphatic heterocycles. The van der Waals surface area contributed by atoms with Gasteiger partial charge >= 0.3 is 0 Å². The van der Waals surface area contributed by atoms with E-state index in [1.54, 1.807) is 22.8 Å². The van der Waals surface area contributed by atoms with E-state index in [1.807, 2.05) is 12.1 Å². The highest BCUT2D eigenvalue weighted by Gasteiger charge is 2.13. The molecule has 0 saturated carbocycles. The Bertz CT molecular complexity index is 683. The molecule has 0 radical (unpaired) electrons.